The maximum absolute atomic E-state index is 10.1. The van der Waals surface area contributed by atoms with Gasteiger partial charge in [-0.3, -0.25) is 4.90 Å². The van der Waals surface area contributed by atoms with Crippen LogP contribution in [0.3, 0.4) is 0 Å². The molecule has 2 aromatic heterocycles. The summed E-state index contributed by atoms with van der Waals surface area (Å²) in [5, 5.41) is 18.5. The lowest BCUT2D eigenvalue weighted by Crippen LogP contribution is -2.52. The standard InChI is InChI=1S/C34H42N8O3/c1-20(26-15-22(43-3)18-41(26)2)44-28-16-27(42-14-13-37-33(19-42)11-12-33)38-32(39-28)30-23-5-4-9-34(31(23)45-40-30)10-8-21-6-7-25(36)24(17-35)29(21)34/h6-7,16,20,22,26,37H,4-5,8-15,18-19,36H2,1-3H3/t20-,22+,26-,34-/m0/s1. The topological polar surface area (TPSA) is 139 Å². The van der Waals surface area contributed by atoms with Crippen molar-refractivity contribution in [3.63, 3.8) is 0 Å². The predicted octanol–water partition coefficient (Wildman–Crippen LogP) is 3.58. The van der Waals surface area contributed by atoms with Crippen LogP contribution in [0.4, 0.5) is 11.5 Å². The Morgan fingerprint density at radius 1 is 1.20 bits per heavy atom. The van der Waals surface area contributed by atoms with Gasteiger partial charge in [-0.15, -0.1) is 0 Å². The third kappa shape index (κ3) is 4.68. The summed E-state index contributed by atoms with van der Waals surface area (Å²) in [6, 6.07) is 8.54. The predicted molar refractivity (Wildman–Crippen MR) is 169 cm³/mol. The Bertz CT molecular complexity index is 1680. The number of rotatable bonds is 6. The molecule has 0 unspecified atom stereocenters. The van der Waals surface area contributed by atoms with Crippen molar-refractivity contribution in [2.45, 2.75) is 87.5 Å². The van der Waals surface area contributed by atoms with E-state index in [0.717, 1.165) is 87.4 Å². The summed E-state index contributed by atoms with van der Waals surface area (Å²) in [6.45, 7) is 5.69. The highest BCUT2D eigenvalue weighted by molar-refractivity contribution is 5.68. The van der Waals surface area contributed by atoms with E-state index in [1.54, 1.807) is 7.11 Å². The van der Waals surface area contributed by atoms with E-state index in [-0.39, 0.29) is 23.8 Å². The Kier molecular flexibility index (Phi) is 6.82. The van der Waals surface area contributed by atoms with Crippen LogP contribution in [-0.2, 0) is 23.0 Å². The lowest BCUT2D eigenvalue weighted by atomic mass is 9.68. The van der Waals surface area contributed by atoms with Gasteiger partial charge in [-0.1, -0.05) is 11.2 Å². The number of nitrogens with zero attached hydrogens (tertiary/aromatic N) is 6. The fourth-order valence-corrected chi connectivity index (χ4v) is 8.61. The van der Waals surface area contributed by atoms with Crippen LogP contribution in [0.15, 0.2) is 22.7 Å². The normalized spacial score (nSPS) is 27.4. The van der Waals surface area contributed by atoms with Crippen LogP contribution in [0.2, 0.25) is 0 Å². The molecule has 0 radical (unpaired) electrons. The van der Waals surface area contributed by atoms with Gasteiger partial charge in [0.15, 0.2) is 17.3 Å². The first-order chi connectivity index (χ1) is 21.8. The number of nitrogens with two attached hydrogens (primary N) is 1. The minimum absolute atomic E-state index is 0.0945. The number of nitriles is 1. The number of fused-ring (bicyclic) bond motifs is 4. The molecule has 3 aromatic rings. The zero-order valence-electron chi connectivity index (χ0n) is 26.4. The fourth-order valence-electron chi connectivity index (χ4n) is 8.61. The van der Waals surface area contributed by atoms with Crippen LogP contribution < -0.4 is 20.7 Å². The molecule has 1 saturated carbocycles. The number of likely N-dealkylation sites (N-methyl/N-ethyl adjacent to an activating group) is 1. The van der Waals surface area contributed by atoms with Crippen LogP contribution in [0.25, 0.3) is 11.5 Å². The van der Waals surface area contributed by atoms with E-state index in [0.29, 0.717) is 28.6 Å². The van der Waals surface area contributed by atoms with Crippen LogP contribution in [0.1, 0.15) is 73.5 Å². The second-order valence-corrected chi connectivity index (χ2v) is 13.9. The van der Waals surface area contributed by atoms with Crippen molar-refractivity contribution in [2.75, 3.05) is 51.0 Å². The molecule has 3 N–H and O–H groups in total. The molecule has 1 aromatic carbocycles. The number of methoxy groups -OCH3 is 1. The number of piperazine rings is 1. The number of benzene rings is 1. The molecule has 3 aliphatic carbocycles. The third-order valence-electron chi connectivity index (χ3n) is 11.2. The zero-order valence-corrected chi connectivity index (χ0v) is 26.4. The fraction of sp³-hybridized carbons (Fsp3) is 0.588. The molecule has 45 heavy (non-hydrogen) atoms. The van der Waals surface area contributed by atoms with E-state index in [1.165, 1.54) is 18.4 Å². The first-order valence-electron chi connectivity index (χ1n) is 16.4. The van der Waals surface area contributed by atoms with Gasteiger partial charge in [0.1, 0.15) is 18.0 Å². The second-order valence-electron chi connectivity index (χ2n) is 13.9. The number of hydrogen-bond donors (Lipinski definition) is 2. The van der Waals surface area contributed by atoms with Gasteiger partial charge >= 0.3 is 0 Å². The largest absolute Gasteiger partial charge is 0.473 e. The van der Waals surface area contributed by atoms with Gasteiger partial charge in [-0.2, -0.15) is 10.2 Å². The number of hydrogen-bond acceptors (Lipinski definition) is 11. The van der Waals surface area contributed by atoms with Crippen LogP contribution in [0.5, 0.6) is 5.88 Å². The quantitative estimate of drug-likeness (QED) is 0.396. The monoisotopic (exact) mass is 610 g/mol. The Morgan fingerprint density at radius 2 is 2.07 bits per heavy atom. The molecular weight excluding hydrogens is 568 g/mol. The molecule has 2 saturated heterocycles. The number of nitrogen functional groups attached to an aromatic ring is 1. The molecule has 4 heterocycles. The van der Waals surface area contributed by atoms with E-state index < -0.39 is 5.41 Å². The summed E-state index contributed by atoms with van der Waals surface area (Å²) in [5.41, 5.74) is 11.1. The highest BCUT2D eigenvalue weighted by Crippen LogP contribution is 2.54. The maximum atomic E-state index is 10.1. The minimum Gasteiger partial charge on any atom is -0.473 e. The summed E-state index contributed by atoms with van der Waals surface area (Å²) < 4.78 is 18.6. The first kappa shape index (κ1) is 28.7. The lowest BCUT2D eigenvalue weighted by molar-refractivity contribution is 0.108. The second kappa shape index (κ2) is 10.7. The zero-order chi connectivity index (χ0) is 30.9. The van der Waals surface area contributed by atoms with Crippen molar-refractivity contribution in [1.29, 1.82) is 5.26 Å². The van der Waals surface area contributed by atoms with Crippen molar-refractivity contribution in [3.8, 4) is 23.5 Å². The van der Waals surface area contributed by atoms with Crippen molar-refractivity contribution in [3.05, 3.63) is 46.2 Å². The van der Waals surface area contributed by atoms with Gasteiger partial charge in [0, 0.05) is 62.2 Å². The Labute approximate surface area is 264 Å². The number of anilines is 2. The molecular formula is C34H42N8O3. The molecule has 0 amide bonds. The van der Waals surface area contributed by atoms with Crippen LogP contribution >= 0.6 is 0 Å². The van der Waals surface area contributed by atoms with Crippen molar-refractivity contribution < 1.29 is 14.0 Å². The van der Waals surface area contributed by atoms with Gasteiger partial charge in [-0.05, 0) is 82.5 Å². The van der Waals surface area contributed by atoms with Crippen LogP contribution in [0, 0.1) is 11.3 Å². The van der Waals surface area contributed by atoms with Gasteiger partial charge in [0.2, 0.25) is 5.88 Å². The molecule has 11 nitrogen and oxygen atoms in total. The van der Waals surface area contributed by atoms with Gasteiger partial charge in [0.25, 0.3) is 0 Å². The minimum atomic E-state index is -0.415. The Morgan fingerprint density at radius 3 is 2.84 bits per heavy atom. The summed E-state index contributed by atoms with van der Waals surface area (Å²) in [5.74, 6) is 2.78. The highest BCUT2D eigenvalue weighted by Gasteiger charge is 2.50. The number of ether oxygens (including phenoxy) is 2. The number of likely N-dealkylation sites (tertiary alicyclic amines) is 1. The molecule has 11 heteroatoms. The third-order valence-corrected chi connectivity index (χ3v) is 11.2. The van der Waals surface area contributed by atoms with E-state index in [2.05, 4.69) is 46.4 Å². The van der Waals surface area contributed by atoms with E-state index in [1.807, 2.05) is 12.1 Å². The van der Waals surface area contributed by atoms with Gasteiger partial charge in [0.05, 0.1) is 17.1 Å². The molecule has 4 atom stereocenters. The van der Waals surface area contributed by atoms with Crippen molar-refractivity contribution in [2.24, 2.45) is 0 Å². The summed E-state index contributed by atoms with van der Waals surface area (Å²) in [7, 11) is 3.90. The highest BCUT2D eigenvalue weighted by atomic mass is 16.5. The number of aryl methyl sites for hydroxylation is 1. The van der Waals surface area contributed by atoms with Crippen LogP contribution in [-0.4, -0.2) is 84.1 Å². The van der Waals surface area contributed by atoms with E-state index in [4.69, 9.17) is 29.7 Å². The summed E-state index contributed by atoms with van der Waals surface area (Å²) in [4.78, 5) is 14.8. The van der Waals surface area contributed by atoms with Gasteiger partial charge in [-0.25, -0.2) is 4.98 Å². The molecule has 8 rings (SSSR count). The molecule has 3 fully saturated rings. The van der Waals surface area contributed by atoms with Gasteiger partial charge < -0.3 is 29.9 Å². The lowest BCUT2D eigenvalue weighted by Gasteiger charge is -2.35. The molecule has 236 valence electrons. The Hall–Kier alpha value is -3.72. The molecule has 2 aliphatic heterocycles. The smallest absolute Gasteiger partial charge is 0.219 e. The molecule has 5 aliphatic rings. The van der Waals surface area contributed by atoms with Crippen molar-refractivity contribution >= 4 is 11.5 Å². The Balaban J connectivity index is 1.19. The van der Waals surface area contributed by atoms with E-state index in [9.17, 15) is 5.26 Å². The molecule has 0 bridgehead atoms. The average Bonchev–Trinajstić information content (AvgIpc) is 3.35. The SMILES string of the molecule is CO[C@@H]1C[C@@H]([C@H](C)Oc2cc(N3CCNC4(CC4)C3)nc(-c3noc4c3CCC[C@@]43CCc4ccc(N)c(C#N)c43)n2)N(C)C1. The summed E-state index contributed by atoms with van der Waals surface area (Å²) >= 11 is 0. The first-order valence-corrected chi connectivity index (χ1v) is 16.4. The number of nitrogens with one attached hydrogen (secondary N) is 1. The summed E-state index contributed by atoms with van der Waals surface area (Å²) in [6.07, 6.45) is 7.81. The van der Waals surface area contributed by atoms with Crippen molar-refractivity contribution in [1.82, 2.24) is 25.3 Å². The maximum Gasteiger partial charge on any atom is 0.219 e. The number of aromatic nitrogens is 3. The average molecular weight is 611 g/mol. The molecule has 2 spiro atoms. The van der Waals surface area contributed by atoms with E-state index >= 15 is 0 Å².